The number of alkyl halides is 3. The number of pyridine rings is 1. The van der Waals surface area contributed by atoms with Crippen LogP contribution in [0.15, 0.2) is 18.3 Å². The van der Waals surface area contributed by atoms with Crippen molar-refractivity contribution in [1.29, 1.82) is 0 Å². The first kappa shape index (κ1) is 13.8. The molecular weight excluding hydrogens is 259 g/mol. The van der Waals surface area contributed by atoms with Crippen LogP contribution in [0.1, 0.15) is 18.5 Å². The minimum atomic E-state index is -4.46. The van der Waals surface area contributed by atoms with Gasteiger partial charge in [-0.3, -0.25) is 4.79 Å². The highest BCUT2D eigenvalue weighted by Gasteiger charge is 2.33. The molecule has 1 N–H and O–H groups in total. The number of nitrogens with one attached hydrogen (secondary N) is 1. The first-order valence-corrected chi connectivity index (χ1v) is 5.95. The molecule has 1 fully saturated rings. The first-order chi connectivity index (χ1) is 8.93. The van der Waals surface area contributed by atoms with E-state index in [1.165, 1.54) is 11.0 Å². The van der Waals surface area contributed by atoms with Gasteiger partial charge in [0, 0.05) is 6.54 Å². The van der Waals surface area contributed by atoms with E-state index in [4.69, 9.17) is 0 Å². The van der Waals surface area contributed by atoms with Crippen molar-refractivity contribution in [2.24, 2.45) is 0 Å². The van der Waals surface area contributed by atoms with E-state index < -0.39 is 11.9 Å². The van der Waals surface area contributed by atoms with Gasteiger partial charge in [0.05, 0.1) is 17.9 Å². The van der Waals surface area contributed by atoms with Crippen LogP contribution in [0.5, 0.6) is 0 Å². The Morgan fingerprint density at radius 3 is 2.68 bits per heavy atom. The summed E-state index contributed by atoms with van der Waals surface area (Å²) in [5, 5.41) is 2.90. The molecule has 19 heavy (non-hydrogen) atoms. The molecule has 0 bridgehead atoms. The van der Waals surface area contributed by atoms with Crippen LogP contribution in [0.25, 0.3) is 0 Å². The van der Waals surface area contributed by atoms with Gasteiger partial charge in [-0.1, -0.05) is 0 Å². The molecule has 0 aromatic carbocycles. The number of amides is 1. The summed E-state index contributed by atoms with van der Waals surface area (Å²) in [5.41, 5.74) is -0.552. The average molecular weight is 273 g/mol. The standard InChI is InChI=1S/C12H14F3N3O/c1-16-9-3-2-6-18(11(9)19)8-4-5-10(17-7-8)12(13,14)15/h4-5,7,9,16H,2-3,6H2,1H3. The minimum Gasteiger partial charge on any atom is -0.310 e. The topological polar surface area (TPSA) is 45.2 Å². The summed E-state index contributed by atoms with van der Waals surface area (Å²) >= 11 is 0. The van der Waals surface area contributed by atoms with Crippen LogP contribution in [-0.2, 0) is 11.0 Å². The number of hydrogen-bond donors (Lipinski definition) is 1. The van der Waals surface area contributed by atoms with Crippen molar-refractivity contribution in [2.75, 3.05) is 18.5 Å². The Bertz CT molecular complexity index is 458. The molecule has 1 amide bonds. The highest BCUT2D eigenvalue weighted by Crippen LogP contribution is 2.29. The maximum atomic E-state index is 12.4. The van der Waals surface area contributed by atoms with Crippen molar-refractivity contribution in [3.05, 3.63) is 24.0 Å². The Kier molecular flexibility index (Phi) is 3.75. The van der Waals surface area contributed by atoms with Gasteiger partial charge in [-0.05, 0) is 32.0 Å². The fourth-order valence-electron chi connectivity index (χ4n) is 2.11. The minimum absolute atomic E-state index is 0.129. The molecular formula is C12H14F3N3O. The maximum Gasteiger partial charge on any atom is 0.433 e. The fraction of sp³-hybridized carbons (Fsp3) is 0.500. The molecule has 1 unspecified atom stereocenters. The average Bonchev–Trinajstić information content (AvgIpc) is 2.38. The third-order valence-electron chi connectivity index (χ3n) is 3.14. The zero-order chi connectivity index (χ0) is 14.0. The smallest absolute Gasteiger partial charge is 0.310 e. The van der Waals surface area contributed by atoms with Crippen molar-refractivity contribution >= 4 is 11.6 Å². The van der Waals surface area contributed by atoms with Gasteiger partial charge in [0.25, 0.3) is 0 Å². The molecule has 1 saturated heterocycles. The highest BCUT2D eigenvalue weighted by atomic mass is 19.4. The van der Waals surface area contributed by atoms with Crippen molar-refractivity contribution in [1.82, 2.24) is 10.3 Å². The third-order valence-corrected chi connectivity index (χ3v) is 3.14. The summed E-state index contributed by atoms with van der Waals surface area (Å²) in [5.74, 6) is -0.129. The van der Waals surface area contributed by atoms with Gasteiger partial charge in [-0.25, -0.2) is 4.98 Å². The Morgan fingerprint density at radius 1 is 1.42 bits per heavy atom. The van der Waals surface area contributed by atoms with Crippen molar-refractivity contribution in [3.8, 4) is 0 Å². The van der Waals surface area contributed by atoms with E-state index in [0.29, 0.717) is 12.2 Å². The van der Waals surface area contributed by atoms with Crippen molar-refractivity contribution in [3.63, 3.8) is 0 Å². The van der Waals surface area contributed by atoms with Gasteiger partial charge >= 0.3 is 6.18 Å². The normalized spacial score (nSPS) is 20.7. The van der Waals surface area contributed by atoms with Gasteiger partial charge in [0.2, 0.25) is 5.91 Å². The lowest BCUT2D eigenvalue weighted by molar-refractivity contribution is -0.141. The number of rotatable bonds is 2. The van der Waals surface area contributed by atoms with E-state index in [0.717, 1.165) is 25.1 Å². The summed E-state index contributed by atoms with van der Waals surface area (Å²) < 4.78 is 37.2. The fourth-order valence-corrected chi connectivity index (χ4v) is 2.11. The van der Waals surface area contributed by atoms with Crippen LogP contribution in [0, 0.1) is 0 Å². The monoisotopic (exact) mass is 273 g/mol. The SMILES string of the molecule is CNC1CCCN(c2ccc(C(F)(F)F)nc2)C1=O. The zero-order valence-electron chi connectivity index (χ0n) is 10.4. The first-order valence-electron chi connectivity index (χ1n) is 5.95. The van der Waals surface area contributed by atoms with Gasteiger partial charge in [0.15, 0.2) is 0 Å². The zero-order valence-corrected chi connectivity index (χ0v) is 10.4. The predicted octanol–water partition coefficient (Wildman–Crippen LogP) is 1.82. The molecule has 1 aliphatic heterocycles. The number of likely N-dealkylation sites (N-methyl/N-ethyl adjacent to an activating group) is 1. The van der Waals surface area contributed by atoms with E-state index in [1.54, 1.807) is 7.05 Å². The number of hydrogen-bond acceptors (Lipinski definition) is 3. The number of anilines is 1. The summed E-state index contributed by atoms with van der Waals surface area (Å²) in [4.78, 5) is 16.9. The van der Waals surface area contributed by atoms with Gasteiger partial charge in [-0.15, -0.1) is 0 Å². The largest absolute Gasteiger partial charge is 0.433 e. The van der Waals surface area contributed by atoms with Crippen LogP contribution in [0.2, 0.25) is 0 Å². The van der Waals surface area contributed by atoms with Crippen molar-refractivity contribution < 1.29 is 18.0 Å². The van der Waals surface area contributed by atoms with Crippen LogP contribution < -0.4 is 10.2 Å². The molecule has 4 nitrogen and oxygen atoms in total. The lowest BCUT2D eigenvalue weighted by Gasteiger charge is -2.31. The lowest BCUT2D eigenvalue weighted by Crippen LogP contribution is -2.49. The Hall–Kier alpha value is -1.63. The molecule has 1 aromatic heterocycles. The van der Waals surface area contributed by atoms with E-state index in [1.807, 2.05) is 0 Å². The molecule has 0 aliphatic carbocycles. The van der Waals surface area contributed by atoms with Crippen LogP contribution >= 0.6 is 0 Å². The summed E-state index contributed by atoms with van der Waals surface area (Å²) in [6.07, 6.45) is -1.82. The maximum absolute atomic E-state index is 12.4. The Morgan fingerprint density at radius 2 is 2.16 bits per heavy atom. The van der Waals surface area contributed by atoms with E-state index in [9.17, 15) is 18.0 Å². The van der Waals surface area contributed by atoms with Gasteiger partial charge < -0.3 is 10.2 Å². The van der Waals surface area contributed by atoms with Crippen LogP contribution in [0.4, 0.5) is 18.9 Å². The molecule has 1 aliphatic rings. The predicted molar refractivity (Wildman–Crippen MR) is 63.7 cm³/mol. The quantitative estimate of drug-likeness (QED) is 0.894. The van der Waals surface area contributed by atoms with Crippen LogP contribution in [-0.4, -0.2) is 30.5 Å². The van der Waals surface area contributed by atoms with Gasteiger partial charge in [0.1, 0.15) is 5.69 Å². The Balaban J connectivity index is 2.20. The second-order valence-electron chi connectivity index (χ2n) is 4.37. The second-order valence-corrected chi connectivity index (χ2v) is 4.37. The molecule has 1 atom stereocenters. The van der Waals surface area contributed by atoms with E-state index in [-0.39, 0.29) is 11.9 Å². The Labute approximate surface area is 108 Å². The summed E-state index contributed by atoms with van der Waals surface area (Å²) in [7, 11) is 1.69. The molecule has 0 radical (unpaired) electrons. The molecule has 0 saturated carbocycles. The van der Waals surface area contributed by atoms with E-state index in [2.05, 4.69) is 10.3 Å². The van der Waals surface area contributed by atoms with Crippen LogP contribution in [0.3, 0.4) is 0 Å². The summed E-state index contributed by atoms with van der Waals surface area (Å²) in [6, 6.07) is 1.90. The second kappa shape index (κ2) is 5.16. The third kappa shape index (κ3) is 2.86. The highest BCUT2D eigenvalue weighted by molar-refractivity contribution is 5.97. The number of carbonyl (C=O) groups is 1. The molecule has 104 valence electrons. The number of nitrogens with zero attached hydrogens (tertiary/aromatic N) is 2. The number of halogens is 3. The number of aromatic nitrogens is 1. The summed E-state index contributed by atoms with van der Waals surface area (Å²) in [6.45, 7) is 0.504. The van der Waals surface area contributed by atoms with Crippen molar-refractivity contribution in [2.45, 2.75) is 25.1 Å². The molecule has 2 heterocycles. The van der Waals surface area contributed by atoms with E-state index >= 15 is 0 Å². The molecule has 0 spiro atoms. The number of piperidine rings is 1. The van der Waals surface area contributed by atoms with Gasteiger partial charge in [-0.2, -0.15) is 13.2 Å². The molecule has 2 rings (SSSR count). The molecule has 7 heteroatoms. The lowest BCUT2D eigenvalue weighted by atomic mass is 10.0. The molecule has 1 aromatic rings. The number of carbonyl (C=O) groups excluding carboxylic acids is 1.